The third-order valence-electron chi connectivity index (χ3n) is 4.04. The Morgan fingerprint density at radius 1 is 1.35 bits per heavy atom. The van der Waals surface area contributed by atoms with E-state index >= 15 is 0 Å². The van der Waals surface area contributed by atoms with Crippen molar-refractivity contribution in [1.82, 2.24) is 4.98 Å². The zero-order valence-corrected chi connectivity index (χ0v) is 13.7. The van der Waals surface area contributed by atoms with Gasteiger partial charge >= 0.3 is 6.09 Å². The Kier molecular flexibility index (Phi) is 4.45. The van der Waals surface area contributed by atoms with E-state index in [9.17, 15) is 23.5 Å². The van der Waals surface area contributed by atoms with Crippen molar-refractivity contribution in [2.24, 2.45) is 5.73 Å². The van der Waals surface area contributed by atoms with Gasteiger partial charge in [0.1, 0.15) is 29.6 Å². The maximum absolute atomic E-state index is 14.0. The maximum Gasteiger partial charge on any atom is 0.412 e. The number of benzene rings is 1. The van der Waals surface area contributed by atoms with Crippen LogP contribution in [-0.2, 0) is 6.42 Å². The summed E-state index contributed by atoms with van der Waals surface area (Å²) in [5, 5.41) is 9.44. The third-order valence-corrected chi connectivity index (χ3v) is 4.04. The van der Waals surface area contributed by atoms with E-state index in [1.807, 2.05) is 0 Å². The van der Waals surface area contributed by atoms with Gasteiger partial charge in [0, 0.05) is 12.5 Å². The molecular weight excluding hydrogens is 348 g/mol. The number of rotatable bonds is 3. The lowest BCUT2D eigenvalue weighted by Gasteiger charge is -2.32. The number of carboxylic acid groups (broad SMARTS) is 1. The predicted molar refractivity (Wildman–Crippen MR) is 87.4 cm³/mol. The van der Waals surface area contributed by atoms with E-state index < -0.39 is 29.7 Å². The Morgan fingerprint density at radius 3 is 2.69 bits per heavy atom. The molecule has 2 aromatic rings. The quantitative estimate of drug-likeness (QED) is 0.870. The van der Waals surface area contributed by atoms with E-state index in [1.54, 1.807) is 6.92 Å². The molecule has 0 radical (unpaired) electrons. The summed E-state index contributed by atoms with van der Waals surface area (Å²) in [6.07, 6.45) is -1.33. The smallest absolute Gasteiger partial charge is 0.412 e. The van der Waals surface area contributed by atoms with Crippen LogP contribution < -0.4 is 15.4 Å². The number of hydrogen-bond acceptors (Lipinski definition) is 4. The van der Waals surface area contributed by atoms with E-state index in [0.717, 1.165) is 17.0 Å². The van der Waals surface area contributed by atoms with Gasteiger partial charge in [-0.05, 0) is 30.2 Å². The number of fused-ring (bicyclic) bond motifs is 1. The summed E-state index contributed by atoms with van der Waals surface area (Å²) in [6.45, 7) is 1.72. The van der Waals surface area contributed by atoms with Crippen LogP contribution in [0.1, 0.15) is 28.5 Å². The molecule has 3 rings (SSSR count). The van der Waals surface area contributed by atoms with Gasteiger partial charge < -0.3 is 15.6 Å². The molecule has 0 saturated carbocycles. The predicted octanol–water partition coefficient (Wildman–Crippen LogP) is 2.31. The van der Waals surface area contributed by atoms with E-state index in [1.165, 1.54) is 12.1 Å². The number of carbonyl (C=O) groups is 2. The molecule has 0 bridgehead atoms. The van der Waals surface area contributed by atoms with Crippen molar-refractivity contribution >= 4 is 17.7 Å². The highest BCUT2D eigenvalue weighted by molar-refractivity contribution is 5.95. The van der Waals surface area contributed by atoms with Crippen molar-refractivity contribution in [3.05, 3.63) is 52.7 Å². The summed E-state index contributed by atoms with van der Waals surface area (Å²) >= 11 is 0. The normalized spacial score (nSPS) is 16.0. The molecule has 1 aromatic carbocycles. The van der Waals surface area contributed by atoms with Crippen LogP contribution in [0.3, 0.4) is 0 Å². The molecule has 0 fully saturated rings. The third kappa shape index (κ3) is 3.15. The first kappa shape index (κ1) is 17.6. The van der Waals surface area contributed by atoms with Gasteiger partial charge in [0.25, 0.3) is 5.91 Å². The van der Waals surface area contributed by atoms with Crippen molar-refractivity contribution in [2.75, 3.05) is 11.5 Å². The van der Waals surface area contributed by atoms with Crippen LogP contribution in [0.4, 0.5) is 19.3 Å². The molecule has 1 atom stereocenters. The SMILES string of the molecule is C[C@H]1COc2nc(C(N)=O)c(Cc3ccc(F)cc3F)cc2N1C(=O)O. The van der Waals surface area contributed by atoms with Crippen molar-refractivity contribution < 1.29 is 28.2 Å². The minimum Gasteiger partial charge on any atom is -0.474 e. The first-order valence-electron chi connectivity index (χ1n) is 7.70. The Labute approximate surface area is 147 Å². The zero-order chi connectivity index (χ0) is 19.0. The maximum atomic E-state index is 14.0. The molecule has 0 unspecified atom stereocenters. The monoisotopic (exact) mass is 363 g/mol. The van der Waals surface area contributed by atoms with Crippen LogP contribution >= 0.6 is 0 Å². The highest BCUT2D eigenvalue weighted by atomic mass is 19.1. The fraction of sp³-hybridized carbons (Fsp3) is 0.235. The first-order valence-corrected chi connectivity index (χ1v) is 7.70. The molecule has 136 valence electrons. The van der Waals surface area contributed by atoms with Crippen molar-refractivity contribution in [3.8, 4) is 5.88 Å². The number of amides is 2. The van der Waals surface area contributed by atoms with Crippen LogP contribution in [0.5, 0.6) is 5.88 Å². The van der Waals surface area contributed by atoms with Crippen molar-refractivity contribution in [2.45, 2.75) is 19.4 Å². The average Bonchev–Trinajstić information content (AvgIpc) is 2.56. The molecule has 1 aromatic heterocycles. The van der Waals surface area contributed by atoms with Crippen LogP contribution in [0.2, 0.25) is 0 Å². The molecule has 3 N–H and O–H groups in total. The standard InChI is InChI=1S/C17H15F2N3O4/c1-8-7-26-16-13(22(8)17(24)25)5-10(14(21-16)15(20)23)4-9-2-3-11(18)6-12(9)19/h2-3,5-6,8H,4,7H2,1H3,(H2,20,23)(H,24,25)/t8-/m0/s1. The molecule has 2 heterocycles. The Hall–Kier alpha value is -3.23. The molecule has 26 heavy (non-hydrogen) atoms. The minimum absolute atomic E-state index is 0.0392. The fourth-order valence-corrected chi connectivity index (χ4v) is 2.83. The highest BCUT2D eigenvalue weighted by Gasteiger charge is 2.32. The van der Waals surface area contributed by atoms with Gasteiger partial charge in [-0.2, -0.15) is 0 Å². The number of carbonyl (C=O) groups excluding carboxylic acids is 1. The van der Waals surface area contributed by atoms with E-state index in [-0.39, 0.29) is 41.4 Å². The second-order valence-electron chi connectivity index (χ2n) is 5.91. The molecule has 0 saturated heterocycles. The summed E-state index contributed by atoms with van der Waals surface area (Å²) in [5.41, 5.74) is 5.65. The van der Waals surface area contributed by atoms with Gasteiger partial charge in [0.2, 0.25) is 5.88 Å². The van der Waals surface area contributed by atoms with Crippen molar-refractivity contribution in [1.29, 1.82) is 0 Å². The summed E-state index contributed by atoms with van der Waals surface area (Å²) in [4.78, 5) is 28.4. The average molecular weight is 363 g/mol. The number of pyridine rings is 1. The lowest BCUT2D eigenvalue weighted by molar-refractivity contribution is 0.0993. The molecule has 2 amide bonds. The Morgan fingerprint density at radius 2 is 2.08 bits per heavy atom. The number of aromatic nitrogens is 1. The number of hydrogen-bond donors (Lipinski definition) is 2. The summed E-state index contributed by atoms with van der Waals surface area (Å²) in [5.74, 6) is -2.43. The number of primary amides is 1. The molecule has 0 aliphatic carbocycles. The number of ether oxygens (including phenoxy) is 1. The van der Waals surface area contributed by atoms with Crippen LogP contribution in [-0.4, -0.2) is 34.7 Å². The van der Waals surface area contributed by atoms with E-state index in [2.05, 4.69) is 4.98 Å². The number of nitrogens with zero attached hydrogens (tertiary/aromatic N) is 2. The van der Waals surface area contributed by atoms with Gasteiger partial charge in [-0.1, -0.05) is 6.07 Å². The fourth-order valence-electron chi connectivity index (χ4n) is 2.83. The number of halogens is 2. The number of nitrogens with two attached hydrogens (primary N) is 1. The molecule has 1 aliphatic rings. The lowest BCUT2D eigenvalue weighted by atomic mass is 10.0. The first-order chi connectivity index (χ1) is 12.3. The molecular formula is C17H15F2N3O4. The summed E-state index contributed by atoms with van der Waals surface area (Å²) in [6, 6.07) is 3.96. The minimum atomic E-state index is -1.21. The van der Waals surface area contributed by atoms with Gasteiger partial charge in [-0.3, -0.25) is 9.69 Å². The highest BCUT2D eigenvalue weighted by Crippen LogP contribution is 2.35. The second-order valence-corrected chi connectivity index (χ2v) is 5.91. The van der Waals surface area contributed by atoms with Crippen LogP contribution in [0, 0.1) is 11.6 Å². The topological polar surface area (TPSA) is 106 Å². The number of anilines is 1. The van der Waals surface area contributed by atoms with Gasteiger partial charge in [0.15, 0.2) is 0 Å². The van der Waals surface area contributed by atoms with Gasteiger partial charge in [-0.25, -0.2) is 18.6 Å². The molecule has 9 heteroatoms. The summed E-state index contributed by atoms with van der Waals surface area (Å²) < 4.78 is 32.5. The van der Waals surface area contributed by atoms with E-state index in [4.69, 9.17) is 10.5 Å². The Bertz CT molecular complexity index is 904. The van der Waals surface area contributed by atoms with Crippen LogP contribution in [0.25, 0.3) is 0 Å². The van der Waals surface area contributed by atoms with Gasteiger partial charge in [-0.15, -0.1) is 0 Å². The second kappa shape index (κ2) is 6.58. The lowest BCUT2D eigenvalue weighted by Crippen LogP contribution is -2.44. The van der Waals surface area contributed by atoms with Gasteiger partial charge in [0.05, 0.1) is 6.04 Å². The molecule has 7 nitrogen and oxygen atoms in total. The summed E-state index contributed by atoms with van der Waals surface area (Å²) in [7, 11) is 0. The largest absolute Gasteiger partial charge is 0.474 e. The molecule has 1 aliphatic heterocycles. The Balaban J connectivity index is 2.11. The van der Waals surface area contributed by atoms with Crippen molar-refractivity contribution in [3.63, 3.8) is 0 Å². The molecule has 0 spiro atoms. The zero-order valence-electron chi connectivity index (χ0n) is 13.7. The van der Waals surface area contributed by atoms with E-state index in [0.29, 0.717) is 0 Å². The van der Waals surface area contributed by atoms with Crippen LogP contribution in [0.15, 0.2) is 24.3 Å².